The van der Waals surface area contributed by atoms with Crippen LogP contribution in [0, 0.1) is 5.82 Å². The molecule has 1 aromatic carbocycles. The van der Waals surface area contributed by atoms with Crippen LogP contribution in [0.5, 0.6) is 0 Å². The summed E-state index contributed by atoms with van der Waals surface area (Å²) in [5.74, 6) is -0.260. The fourth-order valence-electron chi connectivity index (χ4n) is 1.46. The predicted octanol–water partition coefficient (Wildman–Crippen LogP) is 4.47. The maximum atomic E-state index is 13.0. The molecule has 0 aromatic heterocycles. The summed E-state index contributed by atoms with van der Waals surface area (Å²) >= 11 is 5.95. The fraction of sp³-hybridized carbons (Fsp3) is 0.500. The van der Waals surface area contributed by atoms with Gasteiger partial charge in [-0.2, -0.15) is 0 Å². The van der Waals surface area contributed by atoms with Crippen LogP contribution in [0.15, 0.2) is 18.2 Å². The van der Waals surface area contributed by atoms with Crippen molar-refractivity contribution in [3.63, 3.8) is 0 Å². The van der Waals surface area contributed by atoms with Crippen molar-refractivity contribution >= 4 is 17.3 Å². The highest BCUT2D eigenvalue weighted by Crippen LogP contribution is 2.23. The third kappa shape index (κ3) is 4.08. The van der Waals surface area contributed by atoms with Gasteiger partial charge in [0.2, 0.25) is 0 Å². The van der Waals surface area contributed by atoms with Gasteiger partial charge in [0, 0.05) is 6.04 Å². The van der Waals surface area contributed by atoms with E-state index < -0.39 is 0 Å². The van der Waals surface area contributed by atoms with E-state index in [0.717, 1.165) is 6.42 Å². The van der Waals surface area contributed by atoms with Crippen LogP contribution >= 0.6 is 11.6 Å². The molecule has 15 heavy (non-hydrogen) atoms. The van der Waals surface area contributed by atoms with Crippen LogP contribution in [-0.4, -0.2) is 6.04 Å². The van der Waals surface area contributed by atoms with Crippen molar-refractivity contribution in [2.24, 2.45) is 0 Å². The molecule has 0 aliphatic rings. The van der Waals surface area contributed by atoms with Crippen LogP contribution in [0.3, 0.4) is 0 Å². The molecule has 1 atom stereocenters. The van der Waals surface area contributed by atoms with Crippen LogP contribution < -0.4 is 5.32 Å². The topological polar surface area (TPSA) is 12.0 Å². The lowest BCUT2D eigenvalue weighted by molar-refractivity contribution is 0.624. The van der Waals surface area contributed by atoms with Gasteiger partial charge in [-0.15, -0.1) is 0 Å². The predicted molar refractivity (Wildman–Crippen MR) is 64.0 cm³/mol. The number of rotatable bonds is 5. The van der Waals surface area contributed by atoms with Gasteiger partial charge in [-0.1, -0.05) is 31.4 Å². The van der Waals surface area contributed by atoms with Crippen LogP contribution in [0.25, 0.3) is 0 Å². The monoisotopic (exact) mass is 229 g/mol. The largest absolute Gasteiger partial charge is 0.381 e. The summed E-state index contributed by atoms with van der Waals surface area (Å²) in [5, 5.41) is 3.78. The highest BCUT2D eigenvalue weighted by atomic mass is 35.5. The van der Waals surface area contributed by atoms with E-state index in [4.69, 9.17) is 11.6 Å². The van der Waals surface area contributed by atoms with Crippen molar-refractivity contribution in [2.75, 3.05) is 5.32 Å². The second kappa shape index (κ2) is 5.96. The molecule has 0 spiro atoms. The number of anilines is 1. The SMILES string of the molecule is CCCCC(C)Nc1cc(F)ccc1Cl. The molecule has 0 fully saturated rings. The summed E-state index contributed by atoms with van der Waals surface area (Å²) < 4.78 is 13.0. The Balaban J connectivity index is 2.59. The Morgan fingerprint density at radius 3 is 2.87 bits per heavy atom. The quantitative estimate of drug-likeness (QED) is 0.786. The lowest BCUT2D eigenvalue weighted by atomic mass is 10.1. The highest BCUT2D eigenvalue weighted by Gasteiger charge is 2.05. The lowest BCUT2D eigenvalue weighted by Crippen LogP contribution is -2.15. The van der Waals surface area contributed by atoms with Crippen LogP contribution in [0.1, 0.15) is 33.1 Å². The van der Waals surface area contributed by atoms with E-state index in [1.165, 1.54) is 25.0 Å². The van der Waals surface area contributed by atoms with Gasteiger partial charge >= 0.3 is 0 Å². The van der Waals surface area contributed by atoms with Crippen molar-refractivity contribution in [2.45, 2.75) is 39.2 Å². The van der Waals surface area contributed by atoms with Gasteiger partial charge in [0.1, 0.15) is 5.82 Å². The molecule has 84 valence electrons. The van der Waals surface area contributed by atoms with E-state index in [1.54, 1.807) is 6.07 Å². The third-order valence-corrected chi connectivity index (χ3v) is 2.65. The normalized spacial score (nSPS) is 12.5. The molecule has 0 aliphatic carbocycles. The first-order chi connectivity index (χ1) is 7.13. The molecule has 0 heterocycles. The second-order valence-electron chi connectivity index (χ2n) is 3.81. The number of hydrogen-bond acceptors (Lipinski definition) is 1. The number of nitrogens with one attached hydrogen (secondary N) is 1. The molecule has 1 N–H and O–H groups in total. The van der Waals surface area contributed by atoms with Crippen molar-refractivity contribution in [3.05, 3.63) is 29.0 Å². The van der Waals surface area contributed by atoms with Gasteiger partial charge in [0.15, 0.2) is 0 Å². The van der Waals surface area contributed by atoms with E-state index in [-0.39, 0.29) is 5.82 Å². The zero-order valence-electron chi connectivity index (χ0n) is 9.19. The fourth-order valence-corrected chi connectivity index (χ4v) is 1.63. The van der Waals surface area contributed by atoms with E-state index >= 15 is 0 Å². The molecule has 1 aromatic rings. The van der Waals surface area contributed by atoms with Gasteiger partial charge in [0.25, 0.3) is 0 Å². The molecule has 0 aliphatic heterocycles. The molecule has 1 rings (SSSR count). The van der Waals surface area contributed by atoms with Gasteiger partial charge in [0.05, 0.1) is 10.7 Å². The van der Waals surface area contributed by atoms with Gasteiger partial charge in [-0.3, -0.25) is 0 Å². The number of benzene rings is 1. The van der Waals surface area contributed by atoms with Gasteiger partial charge in [-0.25, -0.2) is 4.39 Å². The zero-order valence-corrected chi connectivity index (χ0v) is 9.94. The van der Waals surface area contributed by atoms with E-state index in [1.807, 2.05) is 0 Å². The van der Waals surface area contributed by atoms with Crippen molar-refractivity contribution in [3.8, 4) is 0 Å². The Bertz CT molecular complexity index is 314. The maximum absolute atomic E-state index is 13.0. The molecular formula is C12H17ClFN. The Morgan fingerprint density at radius 1 is 1.47 bits per heavy atom. The van der Waals surface area contributed by atoms with Crippen LogP contribution in [0.2, 0.25) is 5.02 Å². The molecule has 1 unspecified atom stereocenters. The standard InChI is InChI=1S/C12H17ClFN/c1-3-4-5-9(2)15-12-8-10(14)6-7-11(12)13/h6-9,15H,3-5H2,1-2H3. The first-order valence-corrected chi connectivity index (χ1v) is 5.73. The average molecular weight is 230 g/mol. The minimum atomic E-state index is -0.260. The number of hydrogen-bond donors (Lipinski definition) is 1. The minimum absolute atomic E-state index is 0.260. The van der Waals surface area contributed by atoms with E-state index in [0.29, 0.717) is 16.8 Å². The summed E-state index contributed by atoms with van der Waals surface area (Å²) in [6.07, 6.45) is 3.41. The Kier molecular flexibility index (Phi) is 4.89. The van der Waals surface area contributed by atoms with Crippen molar-refractivity contribution < 1.29 is 4.39 Å². The van der Waals surface area contributed by atoms with Crippen molar-refractivity contribution in [1.29, 1.82) is 0 Å². The third-order valence-electron chi connectivity index (χ3n) is 2.32. The lowest BCUT2D eigenvalue weighted by Gasteiger charge is -2.15. The van der Waals surface area contributed by atoms with Crippen molar-refractivity contribution in [1.82, 2.24) is 0 Å². The second-order valence-corrected chi connectivity index (χ2v) is 4.22. The molecule has 0 amide bonds. The van der Waals surface area contributed by atoms with E-state index in [2.05, 4.69) is 19.2 Å². The summed E-state index contributed by atoms with van der Waals surface area (Å²) in [4.78, 5) is 0. The molecule has 0 radical (unpaired) electrons. The molecule has 0 bridgehead atoms. The summed E-state index contributed by atoms with van der Waals surface area (Å²) in [7, 11) is 0. The molecule has 0 saturated carbocycles. The van der Waals surface area contributed by atoms with Gasteiger partial charge in [-0.05, 0) is 31.5 Å². The van der Waals surface area contributed by atoms with Crippen LogP contribution in [-0.2, 0) is 0 Å². The summed E-state index contributed by atoms with van der Waals surface area (Å²) in [6, 6.07) is 4.70. The smallest absolute Gasteiger partial charge is 0.125 e. The molecule has 1 nitrogen and oxygen atoms in total. The Labute approximate surface area is 95.6 Å². The molecular weight excluding hydrogens is 213 g/mol. The van der Waals surface area contributed by atoms with Crippen LogP contribution in [0.4, 0.5) is 10.1 Å². The van der Waals surface area contributed by atoms with Gasteiger partial charge < -0.3 is 5.32 Å². The average Bonchev–Trinajstić information content (AvgIpc) is 2.20. The maximum Gasteiger partial charge on any atom is 0.125 e. The highest BCUT2D eigenvalue weighted by molar-refractivity contribution is 6.33. The number of halogens is 2. The first kappa shape index (κ1) is 12.3. The Morgan fingerprint density at radius 2 is 2.20 bits per heavy atom. The number of unbranched alkanes of at least 4 members (excludes halogenated alkanes) is 1. The Hall–Kier alpha value is -0.760. The summed E-state index contributed by atoms with van der Waals surface area (Å²) in [6.45, 7) is 4.23. The molecule has 3 heteroatoms. The first-order valence-electron chi connectivity index (χ1n) is 5.35. The van der Waals surface area contributed by atoms with E-state index in [9.17, 15) is 4.39 Å². The molecule has 0 saturated heterocycles. The minimum Gasteiger partial charge on any atom is -0.381 e. The zero-order chi connectivity index (χ0) is 11.3. The summed E-state index contributed by atoms with van der Waals surface area (Å²) in [5.41, 5.74) is 0.681.